The first-order valence-electron chi connectivity index (χ1n) is 6.86. The van der Waals surface area contributed by atoms with Gasteiger partial charge in [0, 0.05) is 11.1 Å². The van der Waals surface area contributed by atoms with Crippen LogP contribution in [0.1, 0.15) is 28.5 Å². The first-order valence-corrected chi connectivity index (χ1v) is 6.86. The van der Waals surface area contributed by atoms with E-state index in [1.165, 1.54) is 12.1 Å². The summed E-state index contributed by atoms with van der Waals surface area (Å²) in [5.41, 5.74) is 3.95. The number of aryl methyl sites for hydroxylation is 2. The molecule has 0 amide bonds. The number of hydrogen-bond acceptors (Lipinski definition) is 2. The van der Waals surface area contributed by atoms with Crippen molar-refractivity contribution >= 4 is 10.9 Å². The summed E-state index contributed by atoms with van der Waals surface area (Å²) in [6, 6.07) is 14.1. The third-order valence-corrected chi connectivity index (χ3v) is 3.70. The molecule has 0 fully saturated rings. The minimum atomic E-state index is -0.794. The molecule has 0 bridgehead atoms. The number of nitrogens with zero attached hydrogens (tertiary/aromatic N) is 1. The number of hydrogen-bond donors (Lipinski definition) is 1. The van der Waals surface area contributed by atoms with Crippen LogP contribution in [0, 0.1) is 19.7 Å². The van der Waals surface area contributed by atoms with Gasteiger partial charge in [-0.15, -0.1) is 0 Å². The van der Waals surface area contributed by atoms with Crippen molar-refractivity contribution in [2.75, 3.05) is 0 Å². The van der Waals surface area contributed by atoms with Crippen LogP contribution in [-0.2, 0) is 0 Å². The molecule has 2 aromatic carbocycles. The van der Waals surface area contributed by atoms with E-state index < -0.39 is 6.10 Å². The molecule has 0 spiro atoms. The van der Waals surface area contributed by atoms with Gasteiger partial charge >= 0.3 is 0 Å². The van der Waals surface area contributed by atoms with E-state index in [1.807, 2.05) is 37.3 Å². The number of fused-ring (bicyclic) bond motifs is 1. The minimum Gasteiger partial charge on any atom is -0.384 e. The number of benzene rings is 2. The lowest BCUT2D eigenvalue weighted by Gasteiger charge is -2.17. The van der Waals surface area contributed by atoms with E-state index in [4.69, 9.17) is 0 Å². The van der Waals surface area contributed by atoms with Gasteiger partial charge in [-0.05, 0) is 54.8 Å². The molecule has 3 heteroatoms. The summed E-state index contributed by atoms with van der Waals surface area (Å²) in [4.78, 5) is 4.48. The quantitative estimate of drug-likeness (QED) is 0.768. The van der Waals surface area contributed by atoms with Gasteiger partial charge in [0.05, 0.1) is 5.52 Å². The molecule has 0 radical (unpaired) electrons. The molecule has 1 N–H and O–H groups in total. The third kappa shape index (κ3) is 2.52. The Balaban J connectivity index is 2.19. The predicted octanol–water partition coefficient (Wildman–Crippen LogP) is 4.07. The van der Waals surface area contributed by atoms with E-state index in [0.29, 0.717) is 5.56 Å². The molecule has 21 heavy (non-hydrogen) atoms. The van der Waals surface area contributed by atoms with Gasteiger partial charge in [-0.1, -0.05) is 24.3 Å². The van der Waals surface area contributed by atoms with E-state index in [-0.39, 0.29) is 5.82 Å². The second kappa shape index (κ2) is 5.26. The van der Waals surface area contributed by atoms with Gasteiger partial charge in [0.25, 0.3) is 0 Å². The van der Waals surface area contributed by atoms with Gasteiger partial charge < -0.3 is 5.11 Å². The van der Waals surface area contributed by atoms with Crippen molar-refractivity contribution in [2.45, 2.75) is 20.0 Å². The van der Waals surface area contributed by atoms with Crippen molar-refractivity contribution in [2.24, 2.45) is 0 Å². The molecule has 3 aromatic rings. The first-order chi connectivity index (χ1) is 10.1. The Morgan fingerprint density at radius 2 is 1.76 bits per heavy atom. The van der Waals surface area contributed by atoms with Crippen molar-refractivity contribution in [1.29, 1.82) is 0 Å². The SMILES string of the molecule is Cc1cc(C(O)c2ccc(F)cc2C)c2ccccc2n1. The summed E-state index contributed by atoms with van der Waals surface area (Å²) in [7, 11) is 0. The summed E-state index contributed by atoms with van der Waals surface area (Å²) in [6.07, 6.45) is -0.794. The normalized spacial score (nSPS) is 12.6. The van der Waals surface area contributed by atoms with Gasteiger partial charge in [0.15, 0.2) is 0 Å². The first kappa shape index (κ1) is 13.7. The Morgan fingerprint density at radius 3 is 2.52 bits per heavy atom. The Hall–Kier alpha value is -2.26. The lowest BCUT2D eigenvalue weighted by Crippen LogP contribution is -2.04. The average molecular weight is 281 g/mol. The highest BCUT2D eigenvalue weighted by Crippen LogP contribution is 2.30. The molecule has 2 nitrogen and oxygen atoms in total. The highest BCUT2D eigenvalue weighted by molar-refractivity contribution is 5.83. The molecule has 1 heterocycles. The molecule has 0 saturated carbocycles. The zero-order chi connectivity index (χ0) is 15.0. The van der Waals surface area contributed by atoms with Gasteiger partial charge in [0.1, 0.15) is 11.9 Å². The summed E-state index contributed by atoms with van der Waals surface area (Å²) in [5.74, 6) is -0.292. The number of para-hydroxylation sites is 1. The Bertz CT molecular complexity index is 813. The fourth-order valence-corrected chi connectivity index (χ4v) is 2.68. The fourth-order valence-electron chi connectivity index (χ4n) is 2.68. The molecule has 3 rings (SSSR count). The standard InChI is InChI=1S/C18H16FNO/c1-11-9-13(19)7-8-14(11)18(21)16-10-12(2)20-17-6-4-3-5-15(16)17/h3-10,18,21H,1-2H3. The van der Waals surface area contributed by atoms with Crippen LogP contribution in [0.15, 0.2) is 48.5 Å². The van der Waals surface area contributed by atoms with Crippen molar-refractivity contribution in [3.8, 4) is 0 Å². The van der Waals surface area contributed by atoms with Gasteiger partial charge in [-0.25, -0.2) is 4.39 Å². The number of halogens is 1. The van der Waals surface area contributed by atoms with Gasteiger partial charge in [0.2, 0.25) is 0 Å². The third-order valence-electron chi connectivity index (χ3n) is 3.70. The largest absolute Gasteiger partial charge is 0.384 e. The smallest absolute Gasteiger partial charge is 0.123 e. The zero-order valence-electron chi connectivity index (χ0n) is 12.0. The van der Waals surface area contributed by atoms with E-state index in [9.17, 15) is 9.50 Å². The lowest BCUT2D eigenvalue weighted by molar-refractivity contribution is 0.221. The maximum atomic E-state index is 13.2. The summed E-state index contributed by atoms with van der Waals surface area (Å²) < 4.78 is 13.2. The molecule has 1 atom stereocenters. The van der Waals surface area contributed by atoms with Gasteiger partial charge in [-0.2, -0.15) is 0 Å². The monoisotopic (exact) mass is 281 g/mol. The maximum absolute atomic E-state index is 13.2. The molecule has 0 aliphatic heterocycles. The van der Waals surface area contributed by atoms with Crippen LogP contribution in [0.3, 0.4) is 0 Å². The fraction of sp³-hybridized carbons (Fsp3) is 0.167. The van der Waals surface area contributed by atoms with Crippen LogP contribution < -0.4 is 0 Å². The minimum absolute atomic E-state index is 0.292. The van der Waals surface area contributed by atoms with Crippen molar-refractivity contribution in [3.05, 3.63) is 76.7 Å². The lowest BCUT2D eigenvalue weighted by atomic mass is 9.94. The van der Waals surface area contributed by atoms with E-state index >= 15 is 0 Å². The van der Waals surface area contributed by atoms with Crippen molar-refractivity contribution < 1.29 is 9.50 Å². The predicted molar refractivity (Wildman–Crippen MR) is 81.7 cm³/mol. The van der Waals surface area contributed by atoms with Crippen LogP contribution in [0.5, 0.6) is 0 Å². The van der Waals surface area contributed by atoms with Crippen molar-refractivity contribution in [1.82, 2.24) is 4.98 Å². The molecule has 0 saturated heterocycles. The Morgan fingerprint density at radius 1 is 1.00 bits per heavy atom. The second-order valence-electron chi connectivity index (χ2n) is 5.27. The highest BCUT2D eigenvalue weighted by atomic mass is 19.1. The Kier molecular flexibility index (Phi) is 3.43. The summed E-state index contributed by atoms with van der Waals surface area (Å²) >= 11 is 0. The number of rotatable bonds is 2. The molecule has 106 valence electrons. The van der Waals surface area contributed by atoms with E-state index in [2.05, 4.69) is 4.98 Å². The molecule has 0 aliphatic rings. The molecule has 1 unspecified atom stereocenters. The van der Waals surface area contributed by atoms with Crippen LogP contribution in [0.25, 0.3) is 10.9 Å². The number of pyridine rings is 1. The molecule has 0 aliphatic carbocycles. The average Bonchev–Trinajstić information content (AvgIpc) is 2.45. The summed E-state index contributed by atoms with van der Waals surface area (Å²) in [6.45, 7) is 3.71. The number of aromatic nitrogens is 1. The van der Waals surface area contributed by atoms with Crippen molar-refractivity contribution in [3.63, 3.8) is 0 Å². The van der Waals surface area contributed by atoms with Crippen LogP contribution >= 0.6 is 0 Å². The second-order valence-corrected chi connectivity index (χ2v) is 5.27. The summed E-state index contributed by atoms with van der Waals surface area (Å²) in [5, 5.41) is 11.7. The highest BCUT2D eigenvalue weighted by Gasteiger charge is 2.17. The number of aliphatic hydroxyl groups is 1. The number of aliphatic hydroxyl groups excluding tert-OH is 1. The topological polar surface area (TPSA) is 33.1 Å². The molecular formula is C18H16FNO. The Labute approximate surface area is 122 Å². The molecule has 1 aromatic heterocycles. The van der Waals surface area contributed by atoms with E-state index in [1.54, 1.807) is 13.0 Å². The van der Waals surface area contributed by atoms with Gasteiger partial charge in [-0.3, -0.25) is 4.98 Å². The van der Waals surface area contributed by atoms with Crippen LogP contribution in [0.4, 0.5) is 4.39 Å². The zero-order valence-corrected chi connectivity index (χ0v) is 12.0. The van der Waals surface area contributed by atoms with Crippen LogP contribution in [-0.4, -0.2) is 10.1 Å². The van der Waals surface area contributed by atoms with Crippen LogP contribution in [0.2, 0.25) is 0 Å². The molecular weight excluding hydrogens is 265 g/mol. The maximum Gasteiger partial charge on any atom is 0.123 e. The van der Waals surface area contributed by atoms with E-state index in [0.717, 1.165) is 27.7 Å².